The molecule has 0 radical (unpaired) electrons. The Hall–Kier alpha value is -1.58. The van der Waals surface area contributed by atoms with Gasteiger partial charge >= 0.3 is 0 Å². The number of hydrogen-bond acceptors (Lipinski definition) is 4. The summed E-state index contributed by atoms with van der Waals surface area (Å²) in [5, 5.41) is 7.51. The van der Waals surface area contributed by atoms with Crippen molar-refractivity contribution in [2.24, 2.45) is 0 Å². The van der Waals surface area contributed by atoms with Crippen molar-refractivity contribution >= 4 is 5.90 Å². The van der Waals surface area contributed by atoms with Crippen LogP contribution in [0.1, 0.15) is 12.6 Å². The van der Waals surface area contributed by atoms with Gasteiger partial charge in [0.05, 0.1) is 13.7 Å². The van der Waals surface area contributed by atoms with E-state index in [1.165, 1.54) is 0 Å². The highest BCUT2D eigenvalue weighted by molar-refractivity contribution is 5.92. The van der Waals surface area contributed by atoms with Crippen LogP contribution in [-0.4, -0.2) is 24.6 Å². The largest absolute Gasteiger partial charge is 0.494 e. The van der Waals surface area contributed by atoms with Crippen molar-refractivity contribution in [3.63, 3.8) is 0 Å². The van der Waals surface area contributed by atoms with Gasteiger partial charge in [-0.2, -0.15) is 0 Å². The van der Waals surface area contributed by atoms with Crippen LogP contribution < -0.4 is 4.74 Å². The van der Waals surface area contributed by atoms with Crippen molar-refractivity contribution in [2.45, 2.75) is 6.92 Å². The fraction of sp³-hybridized carbons (Fsp3) is 0.333. The molecule has 0 bridgehead atoms. The van der Waals surface area contributed by atoms with Crippen LogP contribution in [0.15, 0.2) is 18.3 Å². The first-order chi connectivity index (χ1) is 6.29. The molecule has 70 valence electrons. The molecule has 0 aliphatic carbocycles. The second-order valence-corrected chi connectivity index (χ2v) is 2.32. The highest BCUT2D eigenvalue weighted by Crippen LogP contribution is 2.14. The van der Waals surface area contributed by atoms with Crippen LogP contribution in [0.4, 0.5) is 0 Å². The van der Waals surface area contributed by atoms with Gasteiger partial charge in [-0.3, -0.25) is 5.41 Å². The molecule has 1 rings (SSSR count). The third-order valence-corrected chi connectivity index (χ3v) is 1.49. The minimum absolute atomic E-state index is 0.0416. The summed E-state index contributed by atoms with van der Waals surface area (Å²) in [4.78, 5) is 3.99. The van der Waals surface area contributed by atoms with Crippen LogP contribution >= 0.6 is 0 Å². The molecule has 4 nitrogen and oxygen atoms in total. The number of rotatable bonds is 3. The molecule has 0 saturated heterocycles. The van der Waals surface area contributed by atoms with Gasteiger partial charge in [-0.1, -0.05) is 0 Å². The van der Waals surface area contributed by atoms with Gasteiger partial charge in [0, 0.05) is 6.20 Å². The van der Waals surface area contributed by atoms with Crippen LogP contribution in [0, 0.1) is 5.41 Å². The lowest BCUT2D eigenvalue weighted by Crippen LogP contribution is -2.08. The highest BCUT2D eigenvalue weighted by Gasteiger charge is 2.09. The van der Waals surface area contributed by atoms with Gasteiger partial charge in [0.15, 0.2) is 5.69 Å². The second-order valence-electron chi connectivity index (χ2n) is 2.32. The first kappa shape index (κ1) is 9.51. The Morgan fingerprint density at radius 1 is 1.62 bits per heavy atom. The normalized spacial score (nSPS) is 9.38. The average molecular weight is 180 g/mol. The number of ether oxygens (including phenoxy) is 2. The van der Waals surface area contributed by atoms with E-state index < -0.39 is 0 Å². The van der Waals surface area contributed by atoms with E-state index in [1.54, 1.807) is 25.4 Å². The molecule has 0 aromatic carbocycles. The summed E-state index contributed by atoms with van der Waals surface area (Å²) in [6, 6.07) is 3.50. The molecule has 1 N–H and O–H groups in total. The van der Waals surface area contributed by atoms with Gasteiger partial charge in [0.25, 0.3) is 0 Å². The molecule has 13 heavy (non-hydrogen) atoms. The van der Waals surface area contributed by atoms with Crippen LogP contribution in [0.25, 0.3) is 0 Å². The zero-order chi connectivity index (χ0) is 9.68. The van der Waals surface area contributed by atoms with Crippen LogP contribution in [0.5, 0.6) is 5.75 Å². The Balaban J connectivity index is 2.92. The summed E-state index contributed by atoms with van der Waals surface area (Å²) in [6.07, 6.45) is 1.60. The predicted molar refractivity (Wildman–Crippen MR) is 49.2 cm³/mol. The quantitative estimate of drug-likeness (QED) is 0.565. The summed E-state index contributed by atoms with van der Waals surface area (Å²) in [6.45, 7) is 2.28. The molecule has 0 amide bonds. The highest BCUT2D eigenvalue weighted by atomic mass is 16.5. The van der Waals surface area contributed by atoms with Gasteiger partial charge in [0.2, 0.25) is 5.90 Å². The van der Waals surface area contributed by atoms with E-state index in [9.17, 15) is 0 Å². The maximum absolute atomic E-state index is 7.51. The van der Waals surface area contributed by atoms with Crippen LogP contribution in [0.3, 0.4) is 0 Å². The topological polar surface area (TPSA) is 55.2 Å². The Kier molecular flexibility index (Phi) is 3.25. The minimum atomic E-state index is 0.0416. The zero-order valence-electron chi connectivity index (χ0n) is 7.70. The average Bonchev–Trinajstić information content (AvgIpc) is 2.18. The summed E-state index contributed by atoms with van der Waals surface area (Å²) in [5.74, 6) is 0.598. The van der Waals surface area contributed by atoms with Gasteiger partial charge in [-0.25, -0.2) is 4.98 Å². The number of nitrogens with one attached hydrogen (secondary N) is 1. The minimum Gasteiger partial charge on any atom is -0.494 e. The molecule has 4 heteroatoms. The molecule has 1 aromatic heterocycles. The lowest BCUT2D eigenvalue weighted by atomic mass is 10.3. The molecule has 1 aromatic rings. The fourth-order valence-electron chi connectivity index (χ4n) is 0.938. The SMILES string of the molecule is CCOC(=N)c1ncccc1OC. The molecule has 0 aliphatic heterocycles. The molecule has 0 spiro atoms. The van der Waals surface area contributed by atoms with Crippen molar-refractivity contribution in [3.8, 4) is 5.75 Å². The summed E-state index contributed by atoms with van der Waals surface area (Å²) in [7, 11) is 1.54. The molecule has 0 unspecified atom stereocenters. The molecule has 0 aliphatic rings. The molecule has 1 heterocycles. The van der Waals surface area contributed by atoms with Crippen molar-refractivity contribution < 1.29 is 9.47 Å². The van der Waals surface area contributed by atoms with Crippen LogP contribution in [0.2, 0.25) is 0 Å². The summed E-state index contributed by atoms with van der Waals surface area (Å²) >= 11 is 0. The van der Waals surface area contributed by atoms with Gasteiger partial charge < -0.3 is 9.47 Å². The third-order valence-electron chi connectivity index (χ3n) is 1.49. The predicted octanol–water partition coefficient (Wildman–Crippen LogP) is 1.45. The number of nitrogens with zero attached hydrogens (tertiary/aromatic N) is 1. The maximum atomic E-state index is 7.51. The first-order valence-corrected chi connectivity index (χ1v) is 4.00. The Labute approximate surface area is 77.0 Å². The van der Waals surface area contributed by atoms with Crippen molar-refractivity contribution in [2.75, 3.05) is 13.7 Å². The van der Waals surface area contributed by atoms with Gasteiger partial charge in [-0.15, -0.1) is 0 Å². The zero-order valence-corrected chi connectivity index (χ0v) is 7.70. The second kappa shape index (κ2) is 4.45. The molecule has 0 atom stereocenters. The van der Waals surface area contributed by atoms with Gasteiger partial charge in [-0.05, 0) is 19.1 Å². The number of pyridine rings is 1. The van der Waals surface area contributed by atoms with E-state index >= 15 is 0 Å². The number of methoxy groups -OCH3 is 1. The van der Waals surface area contributed by atoms with Crippen molar-refractivity contribution in [1.29, 1.82) is 5.41 Å². The monoisotopic (exact) mass is 180 g/mol. The van der Waals surface area contributed by atoms with E-state index in [2.05, 4.69) is 4.98 Å². The Morgan fingerprint density at radius 2 is 2.38 bits per heavy atom. The number of hydrogen-bond donors (Lipinski definition) is 1. The summed E-state index contributed by atoms with van der Waals surface area (Å²) < 4.78 is 10.0. The smallest absolute Gasteiger partial charge is 0.236 e. The van der Waals surface area contributed by atoms with E-state index in [1.807, 2.05) is 6.92 Å². The molecule has 0 fully saturated rings. The Morgan fingerprint density at radius 3 is 3.00 bits per heavy atom. The molecular weight excluding hydrogens is 168 g/mol. The van der Waals surface area contributed by atoms with Crippen molar-refractivity contribution in [1.82, 2.24) is 4.98 Å². The van der Waals surface area contributed by atoms with E-state index in [-0.39, 0.29) is 5.90 Å². The standard InChI is InChI=1S/C9H12N2O2/c1-3-13-9(10)8-7(12-2)5-4-6-11-8/h4-6,10H,3H2,1-2H3. The van der Waals surface area contributed by atoms with Gasteiger partial charge in [0.1, 0.15) is 5.75 Å². The van der Waals surface area contributed by atoms with Crippen LogP contribution in [-0.2, 0) is 4.74 Å². The van der Waals surface area contributed by atoms with E-state index in [4.69, 9.17) is 14.9 Å². The third kappa shape index (κ3) is 2.18. The summed E-state index contributed by atoms with van der Waals surface area (Å²) in [5.41, 5.74) is 0.437. The molecule has 0 saturated carbocycles. The fourth-order valence-corrected chi connectivity index (χ4v) is 0.938. The number of aromatic nitrogens is 1. The van der Waals surface area contributed by atoms with E-state index in [0.717, 1.165) is 0 Å². The van der Waals surface area contributed by atoms with E-state index in [0.29, 0.717) is 18.1 Å². The maximum Gasteiger partial charge on any atom is 0.236 e. The lowest BCUT2D eigenvalue weighted by Gasteiger charge is -2.07. The molecular formula is C9H12N2O2. The first-order valence-electron chi connectivity index (χ1n) is 4.00. The lowest BCUT2D eigenvalue weighted by molar-refractivity contribution is 0.321. The Bertz CT molecular complexity index is 299. The van der Waals surface area contributed by atoms with Crippen molar-refractivity contribution in [3.05, 3.63) is 24.0 Å².